The van der Waals surface area contributed by atoms with E-state index in [1.54, 1.807) is 6.07 Å². The fourth-order valence-electron chi connectivity index (χ4n) is 2.84. The minimum atomic E-state index is -0.505. The number of nitrogens with zero attached hydrogens (tertiary/aromatic N) is 1. The Bertz CT molecular complexity index is 458. The first-order chi connectivity index (χ1) is 9.70. The van der Waals surface area contributed by atoms with Gasteiger partial charge in [-0.05, 0) is 57.3 Å². The molecule has 1 aliphatic heterocycles. The molecule has 0 spiro atoms. The van der Waals surface area contributed by atoms with Gasteiger partial charge in [0.25, 0.3) is 0 Å². The third kappa shape index (κ3) is 4.90. The van der Waals surface area contributed by atoms with Crippen LogP contribution in [-0.4, -0.2) is 30.6 Å². The van der Waals surface area contributed by atoms with E-state index < -0.39 is 11.6 Å². The molecule has 1 N–H and O–H groups in total. The summed E-state index contributed by atoms with van der Waals surface area (Å²) in [4.78, 5) is 2.26. The van der Waals surface area contributed by atoms with Crippen LogP contribution in [0.3, 0.4) is 0 Å². The molecular weight excluding hydrogens is 294 g/mol. The van der Waals surface area contributed by atoms with Gasteiger partial charge in [0.05, 0.1) is 0 Å². The van der Waals surface area contributed by atoms with Gasteiger partial charge in [0, 0.05) is 24.2 Å². The van der Waals surface area contributed by atoms with Crippen LogP contribution in [-0.2, 0) is 6.54 Å². The first-order valence-corrected chi connectivity index (χ1v) is 7.60. The zero-order valence-electron chi connectivity index (χ0n) is 12.2. The Kier molecular flexibility index (Phi) is 5.97. The molecule has 0 bridgehead atoms. The second kappa shape index (κ2) is 7.52. The van der Waals surface area contributed by atoms with Crippen LogP contribution in [0.25, 0.3) is 0 Å². The van der Waals surface area contributed by atoms with Crippen molar-refractivity contribution in [3.8, 4) is 0 Å². The number of likely N-dealkylation sites (tertiary alicyclic amines) is 1. The molecule has 1 saturated carbocycles. The fraction of sp³-hybridized carbons (Fsp3) is 0.625. The Morgan fingerprint density at radius 2 is 1.81 bits per heavy atom. The highest BCUT2D eigenvalue weighted by Crippen LogP contribution is 2.28. The molecule has 1 heterocycles. The standard InChI is InChI=1S/C16H22F2N2.ClH/c17-14-4-3-13(16(18)9-14)11-20-7-5-15(6-8-20)19-10-12-1-2-12;/h3-4,9,12,15,19H,1-2,5-8,10-11H2;1H. The molecule has 1 saturated heterocycles. The lowest BCUT2D eigenvalue weighted by Gasteiger charge is -2.32. The number of rotatable bonds is 5. The molecule has 2 nitrogen and oxygen atoms in total. The first kappa shape index (κ1) is 16.7. The number of piperidine rings is 1. The lowest BCUT2D eigenvalue weighted by Crippen LogP contribution is -2.42. The van der Waals surface area contributed by atoms with E-state index in [4.69, 9.17) is 0 Å². The second-order valence-corrected chi connectivity index (χ2v) is 6.14. The van der Waals surface area contributed by atoms with Crippen LogP contribution in [0.4, 0.5) is 8.78 Å². The largest absolute Gasteiger partial charge is 0.314 e. The van der Waals surface area contributed by atoms with Crippen molar-refractivity contribution in [1.82, 2.24) is 10.2 Å². The Labute approximate surface area is 131 Å². The van der Waals surface area contributed by atoms with Crippen molar-refractivity contribution in [2.45, 2.75) is 38.3 Å². The molecule has 118 valence electrons. The van der Waals surface area contributed by atoms with Gasteiger partial charge < -0.3 is 5.32 Å². The first-order valence-electron chi connectivity index (χ1n) is 7.60. The van der Waals surface area contributed by atoms with Crippen LogP contribution >= 0.6 is 12.4 Å². The van der Waals surface area contributed by atoms with Gasteiger partial charge in [0.1, 0.15) is 11.6 Å². The highest BCUT2D eigenvalue weighted by atomic mass is 35.5. The summed E-state index contributed by atoms with van der Waals surface area (Å²) in [6.45, 7) is 3.72. The van der Waals surface area contributed by atoms with Crippen LogP contribution in [0.1, 0.15) is 31.2 Å². The predicted molar refractivity (Wildman–Crippen MR) is 82.6 cm³/mol. The van der Waals surface area contributed by atoms with E-state index in [-0.39, 0.29) is 12.4 Å². The van der Waals surface area contributed by atoms with Gasteiger partial charge >= 0.3 is 0 Å². The molecule has 0 amide bonds. The second-order valence-electron chi connectivity index (χ2n) is 6.14. The summed E-state index contributed by atoms with van der Waals surface area (Å²) in [5.74, 6) is -0.0189. The maximum absolute atomic E-state index is 13.6. The van der Waals surface area contributed by atoms with Crippen molar-refractivity contribution in [3.63, 3.8) is 0 Å². The maximum Gasteiger partial charge on any atom is 0.130 e. The van der Waals surface area contributed by atoms with Gasteiger partial charge in [-0.2, -0.15) is 0 Å². The van der Waals surface area contributed by atoms with E-state index in [9.17, 15) is 8.78 Å². The van der Waals surface area contributed by atoms with Gasteiger partial charge in [0.15, 0.2) is 0 Å². The summed E-state index contributed by atoms with van der Waals surface area (Å²) >= 11 is 0. The monoisotopic (exact) mass is 316 g/mol. The minimum absolute atomic E-state index is 0. The summed E-state index contributed by atoms with van der Waals surface area (Å²) in [5, 5.41) is 3.64. The van der Waals surface area contributed by atoms with E-state index in [1.165, 1.54) is 18.9 Å². The normalized spacial score (nSPS) is 20.3. The van der Waals surface area contributed by atoms with Gasteiger partial charge in [-0.15, -0.1) is 12.4 Å². The van der Waals surface area contributed by atoms with Crippen LogP contribution < -0.4 is 5.32 Å². The lowest BCUT2D eigenvalue weighted by molar-refractivity contribution is 0.188. The highest BCUT2D eigenvalue weighted by molar-refractivity contribution is 5.85. The number of benzene rings is 1. The van der Waals surface area contributed by atoms with Gasteiger partial charge in [-0.1, -0.05) is 6.07 Å². The van der Waals surface area contributed by atoms with Crippen LogP contribution in [0.2, 0.25) is 0 Å². The molecule has 0 aromatic heterocycles. The zero-order chi connectivity index (χ0) is 13.9. The lowest BCUT2D eigenvalue weighted by atomic mass is 10.0. The summed E-state index contributed by atoms with van der Waals surface area (Å²) < 4.78 is 26.5. The Morgan fingerprint density at radius 3 is 2.43 bits per heavy atom. The van der Waals surface area contributed by atoms with Crippen LogP contribution in [0.5, 0.6) is 0 Å². The van der Waals surface area contributed by atoms with Crippen molar-refractivity contribution in [3.05, 3.63) is 35.4 Å². The van der Waals surface area contributed by atoms with E-state index in [0.29, 0.717) is 18.2 Å². The summed E-state index contributed by atoms with van der Waals surface area (Å²) in [7, 11) is 0. The van der Waals surface area contributed by atoms with Crippen molar-refractivity contribution in [2.75, 3.05) is 19.6 Å². The third-order valence-corrected chi connectivity index (χ3v) is 4.39. The maximum atomic E-state index is 13.6. The molecule has 0 unspecified atom stereocenters. The SMILES string of the molecule is Cl.Fc1ccc(CN2CCC(NCC3CC3)CC2)c(F)c1. The Balaban J connectivity index is 0.00000161. The Hall–Kier alpha value is -0.710. The smallest absolute Gasteiger partial charge is 0.130 e. The van der Waals surface area contributed by atoms with E-state index in [2.05, 4.69) is 10.2 Å². The van der Waals surface area contributed by atoms with Gasteiger partial charge in [0.2, 0.25) is 0 Å². The molecule has 2 aliphatic rings. The average molecular weight is 317 g/mol. The van der Waals surface area contributed by atoms with Gasteiger partial charge in [-0.25, -0.2) is 8.78 Å². The number of nitrogens with one attached hydrogen (secondary N) is 1. The average Bonchev–Trinajstić information content (AvgIpc) is 3.25. The number of halogens is 3. The molecule has 1 aliphatic carbocycles. The molecule has 21 heavy (non-hydrogen) atoms. The molecule has 2 fully saturated rings. The summed E-state index contributed by atoms with van der Waals surface area (Å²) in [6.07, 6.45) is 5.01. The molecule has 1 aromatic carbocycles. The zero-order valence-corrected chi connectivity index (χ0v) is 13.0. The van der Waals surface area contributed by atoms with Crippen molar-refractivity contribution < 1.29 is 8.78 Å². The quantitative estimate of drug-likeness (QED) is 0.896. The molecule has 1 aromatic rings. The van der Waals surface area contributed by atoms with Crippen LogP contribution in [0, 0.1) is 17.6 Å². The van der Waals surface area contributed by atoms with E-state index in [1.807, 2.05) is 0 Å². The third-order valence-electron chi connectivity index (χ3n) is 4.39. The molecular formula is C16H23ClF2N2. The van der Waals surface area contributed by atoms with Gasteiger partial charge in [-0.3, -0.25) is 4.90 Å². The minimum Gasteiger partial charge on any atom is -0.314 e. The number of hydrogen-bond acceptors (Lipinski definition) is 2. The van der Waals surface area contributed by atoms with Crippen molar-refractivity contribution in [2.24, 2.45) is 5.92 Å². The van der Waals surface area contributed by atoms with E-state index in [0.717, 1.165) is 44.5 Å². The fourth-order valence-corrected chi connectivity index (χ4v) is 2.84. The van der Waals surface area contributed by atoms with Crippen molar-refractivity contribution >= 4 is 12.4 Å². The highest BCUT2D eigenvalue weighted by Gasteiger charge is 2.24. The van der Waals surface area contributed by atoms with Crippen LogP contribution in [0.15, 0.2) is 18.2 Å². The number of hydrogen-bond donors (Lipinski definition) is 1. The molecule has 3 rings (SSSR count). The molecule has 0 radical (unpaired) electrons. The van der Waals surface area contributed by atoms with Crippen molar-refractivity contribution in [1.29, 1.82) is 0 Å². The predicted octanol–water partition coefficient (Wildman–Crippen LogP) is 3.35. The summed E-state index contributed by atoms with van der Waals surface area (Å²) in [6, 6.07) is 4.48. The van der Waals surface area contributed by atoms with E-state index >= 15 is 0 Å². The Morgan fingerprint density at radius 1 is 1.10 bits per heavy atom. The molecule has 0 atom stereocenters. The molecule has 5 heteroatoms. The summed E-state index contributed by atoms with van der Waals surface area (Å²) in [5.41, 5.74) is 0.593. The topological polar surface area (TPSA) is 15.3 Å².